The highest BCUT2D eigenvalue weighted by Gasteiger charge is 2.48. The van der Waals surface area contributed by atoms with Gasteiger partial charge in [0.15, 0.2) is 0 Å². The molecule has 4 aliphatic carbocycles. The number of pyridine rings is 1. The van der Waals surface area contributed by atoms with Crippen LogP contribution in [0.1, 0.15) is 37.7 Å². The van der Waals surface area contributed by atoms with E-state index in [0.717, 1.165) is 35.1 Å². The fraction of sp³-hybridized carbons (Fsp3) is 0.688. The summed E-state index contributed by atoms with van der Waals surface area (Å²) < 4.78 is 0. The van der Waals surface area contributed by atoms with Gasteiger partial charge in [-0.1, -0.05) is 6.07 Å². The van der Waals surface area contributed by atoms with Crippen LogP contribution in [0.4, 0.5) is 5.82 Å². The molecule has 4 aliphatic rings. The van der Waals surface area contributed by atoms with Gasteiger partial charge in [-0.25, -0.2) is 4.98 Å². The van der Waals surface area contributed by atoms with Gasteiger partial charge in [-0.05, 0) is 61.8 Å². The highest BCUT2D eigenvalue weighted by molar-refractivity contribution is 5.45. The molecule has 0 aliphatic heterocycles. The average Bonchev–Trinajstić information content (AvgIpc) is 2.42. The van der Waals surface area contributed by atoms with Gasteiger partial charge >= 0.3 is 0 Å². The van der Waals surface area contributed by atoms with Crippen LogP contribution in [-0.4, -0.2) is 11.0 Å². The molecule has 4 saturated carbocycles. The maximum Gasteiger partial charge on any atom is 0.130 e. The lowest BCUT2D eigenvalue weighted by Crippen LogP contribution is -2.51. The Bertz CT molecular complexity index is 443. The van der Waals surface area contributed by atoms with Crippen LogP contribution in [0.5, 0.6) is 0 Å². The summed E-state index contributed by atoms with van der Waals surface area (Å²) >= 11 is 0. The first kappa shape index (κ1) is 11.7. The van der Waals surface area contributed by atoms with Crippen LogP contribution in [-0.2, 0) is 6.54 Å². The molecule has 0 amide bonds. The van der Waals surface area contributed by atoms with Crippen LogP contribution in [0.2, 0.25) is 0 Å². The molecule has 0 atom stereocenters. The van der Waals surface area contributed by atoms with Gasteiger partial charge in [-0.3, -0.25) is 0 Å². The number of rotatable bonds is 3. The summed E-state index contributed by atoms with van der Waals surface area (Å²) in [6.07, 6.45) is 9.14. The van der Waals surface area contributed by atoms with Crippen molar-refractivity contribution in [1.29, 1.82) is 0 Å². The van der Waals surface area contributed by atoms with Gasteiger partial charge in [-0.15, -0.1) is 0 Å². The van der Waals surface area contributed by atoms with E-state index in [1.54, 1.807) is 0 Å². The van der Waals surface area contributed by atoms with Crippen molar-refractivity contribution >= 4 is 5.82 Å². The largest absolute Gasteiger partial charge is 0.367 e. The standard InChI is InChI=1S/C16H23N3/c17-9-12-2-1-3-18-16(12)19-15-13-5-10-4-11(7-13)8-14(15)6-10/h1-3,10-11,13-15H,4-9,17H2,(H,18,19). The number of nitrogens with zero attached hydrogens (tertiary/aromatic N) is 1. The van der Waals surface area contributed by atoms with E-state index in [2.05, 4.69) is 16.4 Å². The molecule has 3 N–H and O–H groups in total. The lowest BCUT2D eigenvalue weighted by Gasteiger charge is -2.54. The van der Waals surface area contributed by atoms with Crippen molar-refractivity contribution in [3.8, 4) is 0 Å². The predicted octanol–water partition coefficient (Wildman–Crippen LogP) is 2.78. The quantitative estimate of drug-likeness (QED) is 0.875. The van der Waals surface area contributed by atoms with Crippen molar-refractivity contribution in [3.05, 3.63) is 23.9 Å². The normalized spacial score (nSPS) is 39.5. The van der Waals surface area contributed by atoms with Crippen molar-refractivity contribution in [3.63, 3.8) is 0 Å². The summed E-state index contributed by atoms with van der Waals surface area (Å²) in [5, 5.41) is 3.75. The molecule has 0 aromatic carbocycles. The highest BCUT2D eigenvalue weighted by Crippen LogP contribution is 2.54. The van der Waals surface area contributed by atoms with E-state index in [1.807, 2.05) is 12.3 Å². The molecule has 0 unspecified atom stereocenters. The van der Waals surface area contributed by atoms with E-state index in [-0.39, 0.29) is 0 Å². The van der Waals surface area contributed by atoms with Gasteiger partial charge in [0.2, 0.25) is 0 Å². The Morgan fingerprint density at radius 2 is 1.79 bits per heavy atom. The van der Waals surface area contributed by atoms with E-state index < -0.39 is 0 Å². The minimum Gasteiger partial charge on any atom is -0.367 e. The highest BCUT2D eigenvalue weighted by atomic mass is 15.0. The molecule has 4 fully saturated rings. The van der Waals surface area contributed by atoms with Crippen molar-refractivity contribution in [2.45, 2.75) is 44.7 Å². The van der Waals surface area contributed by atoms with Crippen molar-refractivity contribution in [2.24, 2.45) is 29.4 Å². The van der Waals surface area contributed by atoms with Crippen molar-refractivity contribution < 1.29 is 0 Å². The molecular weight excluding hydrogens is 234 g/mol. The summed E-state index contributed by atoms with van der Waals surface area (Å²) in [6, 6.07) is 4.71. The maximum atomic E-state index is 5.82. The zero-order valence-electron chi connectivity index (χ0n) is 11.4. The first-order chi connectivity index (χ1) is 9.33. The summed E-state index contributed by atoms with van der Waals surface area (Å²) in [4.78, 5) is 4.51. The summed E-state index contributed by atoms with van der Waals surface area (Å²) in [6.45, 7) is 0.573. The number of aromatic nitrogens is 1. The zero-order chi connectivity index (χ0) is 12.8. The van der Waals surface area contributed by atoms with Gasteiger partial charge in [0.25, 0.3) is 0 Å². The number of nitrogens with one attached hydrogen (secondary N) is 1. The molecule has 102 valence electrons. The Kier molecular flexibility index (Phi) is 2.76. The lowest BCUT2D eigenvalue weighted by atomic mass is 9.54. The van der Waals surface area contributed by atoms with E-state index in [4.69, 9.17) is 5.73 Å². The van der Waals surface area contributed by atoms with E-state index >= 15 is 0 Å². The molecule has 0 spiro atoms. The molecule has 3 nitrogen and oxygen atoms in total. The Labute approximate surface area is 115 Å². The fourth-order valence-electron chi connectivity index (χ4n) is 5.05. The number of hydrogen-bond donors (Lipinski definition) is 2. The Balaban J connectivity index is 1.57. The Hall–Kier alpha value is -1.09. The fourth-order valence-corrected chi connectivity index (χ4v) is 5.05. The van der Waals surface area contributed by atoms with Crippen LogP contribution in [0.15, 0.2) is 18.3 Å². The molecule has 1 aromatic rings. The topological polar surface area (TPSA) is 50.9 Å². The van der Waals surface area contributed by atoms with Crippen LogP contribution >= 0.6 is 0 Å². The van der Waals surface area contributed by atoms with Crippen molar-refractivity contribution in [1.82, 2.24) is 4.98 Å². The van der Waals surface area contributed by atoms with Gasteiger partial charge in [0.05, 0.1) is 0 Å². The molecule has 3 heteroatoms. The molecule has 0 saturated heterocycles. The molecule has 19 heavy (non-hydrogen) atoms. The van der Waals surface area contributed by atoms with Gasteiger partial charge in [-0.2, -0.15) is 0 Å². The molecule has 4 bridgehead atoms. The Morgan fingerprint density at radius 1 is 1.11 bits per heavy atom. The van der Waals surface area contributed by atoms with Crippen LogP contribution in [0.25, 0.3) is 0 Å². The second-order valence-electron chi connectivity index (χ2n) is 6.82. The second kappa shape index (κ2) is 4.48. The summed E-state index contributed by atoms with van der Waals surface area (Å²) in [7, 11) is 0. The third kappa shape index (κ3) is 1.95. The predicted molar refractivity (Wildman–Crippen MR) is 76.6 cm³/mol. The van der Waals surface area contributed by atoms with Crippen molar-refractivity contribution in [2.75, 3.05) is 5.32 Å². The lowest BCUT2D eigenvalue weighted by molar-refractivity contribution is 0.00739. The van der Waals surface area contributed by atoms with E-state index in [0.29, 0.717) is 12.6 Å². The maximum absolute atomic E-state index is 5.82. The Morgan fingerprint density at radius 3 is 2.42 bits per heavy atom. The third-order valence-electron chi connectivity index (χ3n) is 5.64. The second-order valence-corrected chi connectivity index (χ2v) is 6.82. The SMILES string of the molecule is NCc1cccnc1NC1C2CC3CC(C2)CC1C3. The first-order valence-corrected chi connectivity index (χ1v) is 7.74. The smallest absolute Gasteiger partial charge is 0.130 e. The van der Waals surface area contributed by atoms with E-state index in [1.165, 1.54) is 32.1 Å². The zero-order valence-corrected chi connectivity index (χ0v) is 11.4. The number of hydrogen-bond acceptors (Lipinski definition) is 3. The number of anilines is 1. The monoisotopic (exact) mass is 257 g/mol. The molecule has 1 heterocycles. The van der Waals surface area contributed by atoms with Crippen LogP contribution < -0.4 is 11.1 Å². The van der Waals surface area contributed by atoms with Gasteiger partial charge in [0, 0.05) is 24.3 Å². The molecule has 5 rings (SSSR count). The minimum absolute atomic E-state index is 0.573. The molecular formula is C16H23N3. The number of nitrogens with two attached hydrogens (primary N) is 1. The first-order valence-electron chi connectivity index (χ1n) is 7.74. The molecule has 0 radical (unpaired) electrons. The van der Waals surface area contributed by atoms with Gasteiger partial charge < -0.3 is 11.1 Å². The summed E-state index contributed by atoms with van der Waals surface area (Å²) in [5.74, 6) is 4.84. The average molecular weight is 257 g/mol. The van der Waals surface area contributed by atoms with Crippen LogP contribution in [0, 0.1) is 23.7 Å². The van der Waals surface area contributed by atoms with E-state index in [9.17, 15) is 0 Å². The third-order valence-corrected chi connectivity index (χ3v) is 5.64. The molecule has 1 aromatic heterocycles. The van der Waals surface area contributed by atoms with Gasteiger partial charge in [0.1, 0.15) is 5.82 Å². The summed E-state index contributed by atoms with van der Waals surface area (Å²) in [5.41, 5.74) is 6.97. The van der Waals surface area contributed by atoms with Crippen LogP contribution in [0.3, 0.4) is 0 Å². The minimum atomic E-state index is 0.573.